The Balaban J connectivity index is 1.58. The minimum absolute atomic E-state index is 0.00993. The standard InChI is InChI=1S/C17H21N3O4/c1-24-14-4-2-3-11-7-9-20(10-8-12(11)14)15(21)6-5-13-16(22)19-17(23)18-13/h2-4,13H,5-10H2,1H3,(H2,18,19,22,23). The van der Waals surface area contributed by atoms with Crippen LogP contribution in [0.3, 0.4) is 0 Å². The second-order valence-electron chi connectivity index (χ2n) is 6.03. The van der Waals surface area contributed by atoms with Gasteiger partial charge in [-0.05, 0) is 36.5 Å². The van der Waals surface area contributed by atoms with E-state index >= 15 is 0 Å². The van der Waals surface area contributed by atoms with Gasteiger partial charge in [-0.2, -0.15) is 0 Å². The van der Waals surface area contributed by atoms with Gasteiger partial charge in [-0.25, -0.2) is 4.79 Å². The third-order valence-corrected chi connectivity index (χ3v) is 4.59. The maximum Gasteiger partial charge on any atom is 0.322 e. The fourth-order valence-electron chi connectivity index (χ4n) is 3.27. The number of hydrogen-bond acceptors (Lipinski definition) is 4. The van der Waals surface area contributed by atoms with Gasteiger partial charge in [0, 0.05) is 19.5 Å². The summed E-state index contributed by atoms with van der Waals surface area (Å²) in [7, 11) is 1.66. The predicted molar refractivity (Wildman–Crippen MR) is 86.7 cm³/mol. The Bertz CT molecular complexity index is 674. The van der Waals surface area contributed by atoms with E-state index in [4.69, 9.17) is 4.74 Å². The number of fused-ring (bicyclic) bond motifs is 1. The third-order valence-electron chi connectivity index (χ3n) is 4.59. The number of methoxy groups -OCH3 is 1. The molecular formula is C17H21N3O4. The maximum absolute atomic E-state index is 12.5. The van der Waals surface area contributed by atoms with E-state index in [1.54, 1.807) is 7.11 Å². The molecule has 2 aliphatic heterocycles. The number of nitrogens with zero attached hydrogens (tertiary/aromatic N) is 1. The first-order valence-electron chi connectivity index (χ1n) is 8.12. The van der Waals surface area contributed by atoms with E-state index in [1.807, 2.05) is 17.0 Å². The van der Waals surface area contributed by atoms with Gasteiger partial charge in [-0.3, -0.25) is 14.9 Å². The molecule has 7 nitrogen and oxygen atoms in total. The maximum atomic E-state index is 12.5. The Morgan fingerprint density at radius 3 is 2.79 bits per heavy atom. The molecule has 128 valence electrons. The summed E-state index contributed by atoms with van der Waals surface area (Å²) >= 11 is 0. The summed E-state index contributed by atoms with van der Waals surface area (Å²) in [5, 5.41) is 4.69. The van der Waals surface area contributed by atoms with Gasteiger partial charge in [-0.15, -0.1) is 0 Å². The van der Waals surface area contributed by atoms with Crippen molar-refractivity contribution in [2.24, 2.45) is 0 Å². The molecule has 0 spiro atoms. The van der Waals surface area contributed by atoms with Crippen LogP contribution in [0, 0.1) is 0 Å². The largest absolute Gasteiger partial charge is 0.496 e. The van der Waals surface area contributed by atoms with E-state index in [-0.39, 0.29) is 18.2 Å². The molecule has 0 bridgehead atoms. The summed E-state index contributed by atoms with van der Waals surface area (Å²) in [5.41, 5.74) is 2.38. The Labute approximate surface area is 140 Å². The second-order valence-corrected chi connectivity index (χ2v) is 6.03. The molecule has 2 N–H and O–H groups in total. The lowest BCUT2D eigenvalue weighted by Gasteiger charge is -2.20. The van der Waals surface area contributed by atoms with Gasteiger partial charge >= 0.3 is 6.03 Å². The topological polar surface area (TPSA) is 87.7 Å². The molecule has 0 radical (unpaired) electrons. The summed E-state index contributed by atoms with van der Waals surface area (Å²) in [4.78, 5) is 36.9. The fourth-order valence-corrected chi connectivity index (χ4v) is 3.27. The Kier molecular flexibility index (Phi) is 4.69. The van der Waals surface area contributed by atoms with Crippen LogP contribution in [-0.4, -0.2) is 49.0 Å². The van der Waals surface area contributed by atoms with Crippen molar-refractivity contribution < 1.29 is 19.1 Å². The van der Waals surface area contributed by atoms with Crippen molar-refractivity contribution in [3.05, 3.63) is 29.3 Å². The van der Waals surface area contributed by atoms with Crippen molar-refractivity contribution in [1.82, 2.24) is 15.5 Å². The van der Waals surface area contributed by atoms with Crippen molar-refractivity contribution in [3.63, 3.8) is 0 Å². The number of benzene rings is 1. The number of imide groups is 1. The highest BCUT2D eigenvalue weighted by Crippen LogP contribution is 2.26. The molecule has 1 aromatic rings. The van der Waals surface area contributed by atoms with Crippen LogP contribution in [0.1, 0.15) is 24.0 Å². The highest BCUT2D eigenvalue weighted by atomic mass is 16.5. The smallest absolute Gasteiger partial charge is 0.322 e. The molecule has 0 aliphatic carbocycles. The van der Waals surface area contributed by atoms with Crippen LogP contribution in [-0.2, 0) is 22.4 Å². The van der Waals surface area contributed by atoms with Gasteiger partial charge in [0.2, 0.25) is 5.91 Å². The number of nitrogens with one attached hydrogen (secondary N) is 2. The minimum atomic E-state index is -0.606. The Hall–Kier alpha value is -2.57. The lowest BCUT2D eigenvalue weighted by molar-refractivity contribution is -0.131. The summed E-state index contributed by atoms with van der Waals surface area (Å²) in [6.45, 7) is 1.29. The van der Waals surface area contributed by atoms with Crippen molar-refractivity contribution in [1.29, 1.82) is 0 Å². The second kappa shape index (κ2) is 6.90. The quantitative estimate of drug-likeness (QED) is 0.792. The van der Waals surface area contributed by atoms with Gasteiger partial charge in [0.05, 0.1) is 7.11 Å². The normalized spacial score (nSPS) is 20.0. The van der Waals surface area contributed by atoms with Crippen molar-refractivity contribution in [2.75, 3.05) is 20.2 Å². The molecule has 1 fully saturated rings. The average molecular weight is 331 g/mol. The predicted octanol–water partition coefficient (Wildman–Crippen LogP) is 0.611. The van der Waals surface area contributed by atoms with Crippen molar-refractivity contribution >= 4 is 17.8 Å². The van der Waals surface area contributed by atoms with Crippen LogP contribution < -0.4 is 15.4 Å². The van der Waals surface area contributed by atoms with Gasteiger partial charge in [0.25, 0.3) is 5.91 Å². The molecule has 0 saturated carbocycles. The third kappa shape index (κ3) is 3.34. The van der Waals surface area contributed by atoms with Crippen LogP contribution in [0.5, 0.6) is 5.75 Å². The number of carbonyl (C=O) groups is 3. The summed E-state index contributed by atoms with van der Waals surface area (Å²) < 4.78 is 5.41. The molecule has 4 amide bonds. The monoisotopic (exact) mass is 331 g/mol. The number of amides is 4. The highest BCUT2D eigenvalue weighted by Gasteiger charge is 2.30. The summed E-state index contributed by atoms with van der Waals surface area (Å²) in [5.74, 6) is 0.517. The van der Waals surface area contributed by atoms with Crippen LogP contribution in [0.25, 0.3) is 0 Å². The molecule has 7 heteroatoms. The minimum Gasteiger partial charge on any atom is -0.496 e. The molecule has 1 unspecified atom stereocenters. The van der Waals surface area contributed by atoms with Gasteiger partial charge < -0.3 is 15.0 Å². The van der Waals surface area contributed by atoms with Crippen LogP contribution >= 0.6 is 0 Å². The van der Waals surface area contributed by atoms with Gasteiger partial charge in [0.1, 0.15) is 11.8 Å². The summed E-state index contributed by atoms with van der Waals surface area (Å²) in [6.07, 6.45) is 2.11. The van der Waals surface area contributed by atoms with Crippen molar-refractivity contribution in [3.8, 4) is 5.75 Å². The number of hydrogen-bond donors (Lipinski definition) is 2. The zero-order valence-electron chi connectivity index (χ0n) is 13.6. The number of urea groups is 1. The zero-order chi connectivity index (χ0) is 17.1. The SMILES string of the molecule is COc1cccc2c1CCN(C(=O)CCC1NC(=O)NC1=O)CC2. The van der Waals surface area contributed by atoms with E-state index < -0.39 is 12.1 Å². The molecule has 1 saturated heterocycles. The van der Waals surface area contributed by atoms with E-state index in [1.165, 1.54) is 5.56 Å². The van der Waals surface area contributed by atoms with E-state index in [0.717, 1.165) is 24.2 Å². The lowest BCUT2D eigenvalue weighted by Crippen LogP contribution is -2.36. The number of rotatable bonds is 4. The molecule has 3 rings (SSSR count). The molecule has 1 atom stereocenters. The van der Waals surface area contributed by atoms with Gasteiger partial charge in [0.15, 0.2) is 0 Å². The van der Waals surface area contributed by atoms with E-state index in [9.17, 15) is 14.4 Å². The highest BCUT2D eigenvalue weighted by molar-refractivity contribution is 6.04. The number of ether oxygens (including phenoxy) is 1. The van der Waals surface area contributed by atoms with Crippen LogP contribution in [0.4, 0.5) is 4.79 Å². The lowest BCUT2D eigenvalue weighted by atomic mass is 10.0. The molecule has 2 aliphatic rings. The molecule has 24 heavy (non-hydrogen) atoms. The zero-order valence-corrected chi connectivity index (χ0v) is 13.6. The Morgan fingerprint density at radius 2 is 2.08 bits per heavy atom. The van der Waals surface area contributed by atoms with Crippen LogP contribution in [0.15, 0.2) is 18.2 Å². The number of carbonyl (C=O) groups excluding carboxylic acids is 3. The first-order valence-corrected chi connectivity index (χ1v) is 8.12. The van der Waals surface area contributed by atoms with Crippen LogP contribution in [0.2, 0.25) is 0 Å². The van der Waals surface area contributed by atoms with E-state index in [2.05, 4.69) is 16.7 Å². The van der Waals surface area contributed by atoms with Crippen molar-refractivity contribution in [2.45, 2.75) is 31.7 Å². The summed E-state index contributed by atoms with van der Waals surface area (Å²) in [6, 6.07) is 4.89. The van der Waals surface area contributed by atoms with E-state index in [0.29, 0.717) is 19.5 Å². The molecular weight excluding hydrogens is 310 g/mol. The average Bonchev–Trinajstić information content (AvgIpc) is 2.77. The molecule has 1 aromatic carbocycles. The molecule has 2 heterocycles. The first kappa shape index (κ1) is 16.3. The Morgan fingerprint density at radius 1 is 1.29 bits per heavy atom. The molecule has 0 aromatic heterocycles. The fraction of sp³-hybridized carbons (Fsp3) is 0.471. The van der Waals surface area contributed by atoms with Gasteiger partial charge in [-0.1, -0.05) is 12.1 Å². The first-order chi connectivity index (χ1) is 11.6.